The quantitative estimate of drug-likeness (QED) is 0.285. The van der Waals surface area contributed by atoms with Crippen LogP contribution < -0.4 is 24.8 Å². The van der Waals surface area contributed by atoms with Gasteiger partial charge in [0.25, 0.3) is 0 Å². The maximum absolute atomic E-state index is 3.05. The van der Waals surface area contributed by atoms with Crippen molar-refractivity contribution in [2.75, 3.05) is 0 Å². The number of benzene rings is 4. The van der Waals surface area contributed by atoms with Gasteiger partial charge in [0.2, 0.25) is 0 Å². The number of fused-ring (bicyclic) bond motifs is 3. The van der Waals surface area contributed by atoms with E-state index in [-0.39, 0.29) is 24.8 Å². The van der Waals surface area contributed by atoms with Crippen LogP contribution in [0.1, 0.15) is 24.5 Å². The van der Waals surface area contributed by atoms with Crippen molar-refractivity contribution in [1.82, 2.24) is 0 Å². The molecule has 5 aromatic rings. The SMILES string of the molecule is CC1=CC[C-]=C1.[Cl-].[Cl-].[Zr+2]=[C](c1ccccc1)c1ccccc1.c1ccc2c(c1)[cH-]c1ccccc12. The Morgan fingerprint density at radius 2 is 1.09 bits per heavy atom. The van der Waals surface area contributed by atoms with E-state index in [1.807, 2.05) is 6.08 Å². The van der Waals surface area contributed by atoms with Gasteiger partial charge in [0.1, 0.15) is 0 Å². The molecule has 1 aliphatic rings. The zero-order chi connectivity index (χ0) is 22.9. The van der Waals surface area contributed by atoms with E-state index in [1.54, 1.807) is 0 Å². The minimum Gasteiger partial charge on any atom is -0.126 e. The van der Waals surface area contributed by atoms with Crippen molar-refractivity contribution in [3.05, 3.63) is 150 Å². The molecule has 0 heterocycles. The zero-order valence-electron chi connectivity index (χ0n) is 19.6. The predicted octanol–water partition coefficient (Wildman–Crippen LogP) is 2.22. The van der Waals surface area contributed by atoms with Crippen LogP contribution in [0.5, 0.6) is 0 Å². The van der Waals surface area contributed by atoms with Crippen LogP contribution in [0.25, 0.3) is 21.5 Å². The molecule has 0 fully saturated rings. The van der Waals surface area contributed by atoms with Crippen molar-refractivity contribution in [1.29, 1.82) is 0 Å². The van der Waals surface area contributed by atoms with Crippen LogP contribution in [0.2, 0.25) is 0 Å². The molecule has 0 aromatic heterocycles. The molecule has 3 heteroatoms. The van der Waals surface area contributed by atoms with Crippen molar-refractivity contribution in [2.45, 2.75) is 13.3 Å². The van der Waals surface area contributed by atoms with Crippen LogP contribution in [0.3, 0.4) is 0 Å². The summed E-state index contributed by atoms with van der Waals surface area (Å²) >= 11 is 1.46. The Kier molecular flexibility index (Phi) is 12.2. The van der Waals surface area contributed by atoms with E-state index < -0.39 is 0 Å². The second-order valence-electron chi connectivity index (χ2n) is 7.93. The molecule has 0 bridgehead atoms. The molecule has 0 saturated carbocycles. The Balaban J connectivity index is 0.000000192. The number of hydrogen-bond donors (Lipinski definition) is 0. The third-order valence-electron chi connectivity index (χ3n) is 5.52. The number of allylic oxidation sites excluding steroid dienone is 4. The minimum atomic E-state index is 0. The maximum atomic E-state index is 3.05. The van der Waals surface area contributed by atoms with Crippen LogP contribution in [-0.4, -0.2) is 3.21 Å². The molecule has 0 aliphatic heterocycles. The molecule has 1 aliphatic carbocycles. The fourth-order valence-corrected chi connectivity index (χ4v) is 4.60. The first kappa shape index (κ1) is 28.8. The van der Waals surface area contributed by atoms with E-state index in [2.05, 4.69) is 134 Å². The van der Waals surface area contributed by atoms with E-state index >= 15 is 0 Å². The van der Waals surface area contributed by atoms with Gasteiger partial charge >= 0.3 is 99.2 Å². The zero-order valence-corrected chi connectivity index (χ0v) is 23.6. The molecule has 0 radical (unpaired) electrons. The Hall–Kier alpha value is -2.44. The van der Waals surface area contributed by atoms with Gasteiger partial charge in [-0.15, -0.1) is 53.1 Å². The smallest absolute Gasteiger partial charge is 0.0771 e. The second-order valence-corrected chi connectivity index (χ2v) is 9.16. The maximum Gasteiger partial charge on any atom is -0.0771 e. The molecule has 0 N–H and O–H groups in total. The molecule has 0 saturated heterocycles. The average Bonchev–Trinajstić information content (AvgIpc) is 3.52. The van der Waals surface area contributed by atoms with E-state index in [9.17, 15) is 0 Å². The van der Waals surface area contributed by atoms with Gasteiger partial charge < -0.3 is 24.8 Å². The van der Waals surface area contributed by atoms with E-state index in [0.717, 1.165) is 6.42 Å². The molecule has 0 nitrogen and oxygen atoms in total. The Bertz CT molecular complexity index is 1300. The van der Waals surface area contributed by atoms with Crippen molar-refractivity contribution in [2.24, 2.45) is 0 Å². The summed E-state index contributed by atoms with van der Waals surface area (Å²) in [6, 6.07) is 40.4. The van der Waals surface area contributed by atoms with Gasteiger partial charge in [-0.3, -0.25) is 6.08 Å². The Morgan fingerprint density at radius 1 is 0.657 bits per heavy atom. The summed E-state index contributed by atoms with van der Waals surface area (Å²) in [4.78, 5) is 0. The first-order chi connectivity index (χ1) is 16.2. The third-order valence-corrected chi connectivity index (χ3v) is 6.94. The summed E-state index contributed by atoms with van der Waals surface area (Å²) in [5, 5.41) is 5.39. The molecule has 174 valence electrons. The topological polar surface area (TPSA) is 0 Å². The van der Waals surface area contributed by atoms with E-state index in [1.165, 1.54) is 65.7 Å². The van der Waals surface area contributed by atoms with Gasteiger partial charge in [-0.2, -0.15) is 6.08 Å². The molecule has 0 amide bonds. The number of hydrogen-bond acceptors (Lipinski definition) is 0. The summed E-state index contributed by atoms with van der Waals surface area (Å²) in [5.41, 5.74) is 4.00. The molecule has 35 heavy (non-hydrogen) atoms. The third kappa shape index (κ3) is 8.04. The van der Waals surface area contributed by atoms with E-state index in [4.69, 9.17) is 0 Å². The standard InChI is InChI=1S/C13H9.C13H10.C6H7.2ClH.Zr/c1-3-7-12-10(5-1)9-11-6-2-4-8-13(11)12;1-3-7-12(8-4-1)11-13-9-5-2-6-10-13;1-6-4-2-3-5-6;;;/h1-9H;1-10H;4-5H,2H2,1H3;2*1H;/q-1;;-1;;;+2/p-2. The van der Waals surface area contributed by atoms with Gasteiger partial charge in [-0.25, -0.2) is 11.6 Å². The van der Waals surface area contributed by atoms with Crippen LogP contribution in [0, 0.1) is 6.08 Å². The number of rotatable bonds is 2. The molecule has 6 rings (SSSR count). The van der Waals surface area contributed by atoms with Gasteiger partial charge in [-0.05, 0) is 0 Å². The molecular weight excluding hydrogens is 546 g/mol. The normalized spacial score (nSPS) is 11.2. The Morgan fingerprint density at radius 3 is 1.46 bits per heavy atom. The molecule has 5 aromatic carbocycles. The van der Waals surface area contributed by atoms with Crippen LogP contribution in [-0.2, 0) is 24.2 Å². The van der Waals surface area contributed by atoms with Gasteiger partial charge in [0.15, 0.2) is 0 Å². The first-order valence-corrected chi connectivity index (χ1v) is 12.4. The summed E-state index contributed by atoms with van der Waals surface area (Å²) in [7, 11) is 0. The molecule has 0 unspecified atom stereocenters. The number of halogens is 2. The Labute approximate surface area is 235 Å². The van der Waals surface area contributed by atoms with Gasteiger partial charge in [-0.1, -0.05) is 36.4 Å². The van der Waals surface area contributed by atoms with Crippen molar-refractivity contribution >= 4 is 24.8 Å². The summed E-state index contributed by atoms with van der Waals surface area (Å²) in [5.74, 6) is 0. The summed E-state index contributed by atoms with van der Waals surface area (Å²) in [6.07, 6.45) is 8.24. The largest absolute Gasteiger partial charge is 0.126 e. The predicted molar refractivity (Wildman–Crippen MR) is 139 cm³/mol. The van der Waals surface area contributed by atoms with Gasteiger partial charge in [0, 0.05) is 0 Å². The van der Waals surface area contributed by atoms with Crippen LogP contribution in [0.4, 0.5) is 0 Å². The molecular formula is C32H26Cl2Zr-2. The summed E-state index contributed by atoms with van der Waals surface area (Å²) in [6.45, 7) is 2.08. The average molecular weight is 573 g/mol. The molecule has 0 atom stereocenters. The summed E-state index contributed by atoms with van der Waals surface area (Å²) < 4.78 is 1.42. The second kappa shape index (κ2) is 14.8. The van der Waals surface area contributed by atoms with E-state index in [0.29, 0.717) is 0 Å². The fraction of sp³-hybridized carbons (Fsp3) is 0.0625. The monoisotopic (exact) mass is 570 g/mol. The van der Waals surface area contributed by atoms with Crippen LogP contribution in [0.15, 0.2) is 133 Å². The molecule has 0 spiro atoms. The minimum absolute atomic E-state index is 0. The van der Waals surface area contributed by atoms with Crippen molar-refractivity contribution < 1.29 is 49.0 Å². The van der Waals surface area contributed by atoms with Crippen LogP contribution >= 0.6 is 0 Å². The van der Waals surface area contributed by atoms with Crippen molar-refractivity contribution in [3.63, 3.8) is 0 Å². The van der Waals surface area contributed by atoms with Crippen molar-refractivity contribution in [3.8, 4) is 0 Å². The fourth-order valence-electron chi connectivity index (χ4n) is 3.78. The van der Waals surface area contributed by atoms with Gasteiger partial charge in [0.05, 0.1) is 0 Å². The first-order valence-electron chi connectivity index (χ1n) is 11.2.